The molecule has 112 valence electrons. The first-order valence-electron chi connectivity index (χ1n) is 7.45. The summed E-state index contributed by atoms with van der Waals surface area (Å²) in [6.45, 7) is 7.92. The fourth-order valence-electron chi connectivity index (χ4n) is 2.63. The van der Waals surface area contributed by atoms with Crippen molar-refractivity contribution >= 4 is 33.4 Å². The minimum absolute atomic E-state index is 0.262. The van der Waals surface area contributed by atoms with E-state index in [1.54, 1.807) is 0 Å². The van der Waals surface area contributed by atoms with E-state index in [0.717, 1.165) is 19.4 Å². The van der Waals surface area contributed by atoms with E-state index in [1.165, 1.54) is 21.5 Å². The Balaban J connectivity index is 2.16. The predicted molar refractivity (Wildman–Crippen MR) is 94.8 cm³/mol. The molecule has 2 rings (SSSR count). The Hall–Kier alpha value is -0.190. The second-order valence-corrected chi connectivity index (χ2v) is 8.01. The van der Waals surface area contributed by atoms with Crippen LogP contribution in [-0.2, 0) is 6.42 Å². The summed E-state index contributed by atoms with van der Waals surface area (Å²) in [5, 5.41) is 0.684. The highest BCUT2D eigenvalue weighted by Crippen LogP contribution is 2.34. The first-order chi connectivity index (χ1) is 9.52. The zero-order valence-corrected chi connectivity index (χ0v) is 15.0. The molecule has 3 unspecified atom stereocenters. The van der Waals surface area contributed by atoms with Gasteiger partial charge < -0.3 is 10.6 Å². The minimum Gasteiger partial charge on any atom is -0.366 e. The number of halogens is 1. The number of hydrogen-bond donors (Lipinski definition) is 1. The Morgan fingerprint density at radius 3 is 2.85 bits per heavy atom. The first kappa shape index (κ1) is 16.2. The third-order valence-corrected chi connectivity index (χ3v) is 6.20. The fourth-order valence-corrected chi connectivity index (χ4v) is 4.38. The largest absolute Gasteiger partial charge is 0.366 e. The molecule has 1 fully saturated rings. The molecule has 2 N–H and O–H groups in total. The molecule has 0 radical (unpaired) electrons. The molecule has 1 aromatic carbocycles. The summed E-state index contributed by atoms with van der Waals surface area (Å²) in [5.74, 6) is 1.21. The van der Waals surface area contributed by atoms with Crippen LogP contribution in [0.5, 0.6) is 0 Å². The Morgan fingerprint density at radius 2 is 2.20 bits per heavy atom. The molecule has 20 heavy (non-hydrogen) atoms. The van der Waals surface area contributed by atoms with Crippen LogP contribution in [0.3, 0.4) is 0 Å². The maximum absolute atomic E-state index is 6.05. The molecule has 0 aliphatic carbocycles. The van der Waals surface area contributed by atoms with E-state index in [0.29, 0.717) is 11.3 Å². The van der Waals surface area contributed by atoms with Crippen LogP contribution in [0.2, 0.25) is 0 Å². The quantitative estimate of drug-likeness (QED) is 0.881. The number of nitrogens with zero attached hydrogens (tertiary/aromatic N) is 1. The number of rotatable bonds is 4. The zero-order valence-electron chi connectivity index (χ0n) is 12.6. The van der Waals surface area contributed by atoms with Gasteiger partial charge in [0.1, 0.15) is 0 Å². The van der Waals surface area contributed by atoms with Gasteiger partial charge in [0, 0.05) is 34.1 Å². The molecule has 0 amide bonds. The van der Waals surface area contributed by atoms with Crippen molar-refractivity contribution in [1.82, 2.24) is 0 Å². The summed E-state index contributed by atoms with van der Waals surface area (Å²) >= 11 is 5.82. The maximum atomic E-state index is 6.05. The van der Waals surface area contributed by atoms with Crippen molar-refractivity contribution in [1.29, 1.82) is 0 Å². The van der Waals surface area contributed by atoms with Crippen LogP contribution in [0.4, 0.5) is 5.69 Å². The van der Waals surface area contributed by atoms with Crippen molar-refractivity contribution in [3.63, 3.8) is 0 Å². The van der Waals surface area contributed by atoms with Crippen molar-refractivity contribution in [3.05, 3.63) is 28.2 Å². The van der Waals surface area contributed by atoms with Gasteiger partial charge in [0.25, 0.3) is 0 Å². The van der Waals surface area contributed by atoms with Gasteiger partial charge in [0.05, 0.1) is 5.69 Å². The standard InChI is InChI=1S/C16H25BrN2S/c1-4-14(18)9-13-5-6-16(15(17)10-13)19-7-8-20-12(3)11(19)2/h5-6,10-12,14H,4,7-9,18H2,1-3H3. The van der Waals surface area contributed by atoms with Gasteiger partial charge in [0.15, 0.2) is 0 Å². The van der Waals surface area contributed by atoms with Gasteiger partial charge >= 0.3 is 0 Å². The predicted octanol–water partition coefficient (Wildman–Crippen LogP) is 4.06. The van der Waals surface area contributed by atoms with Gasteiger partial charge in [-0.05, 0) is 53.4 Å². The summed E-state index contributed by atoms with van der Waals surface area (Å²) in [7, 11) is 0. The lowest BCUT2D eigenvalue weighted by molar-refractivity contribution is 0.625. The normalized spacial score (nSPS) is 24.8. The number of anilines is 1. The van der Waals surface area contributed by atoms with Gasteiger partial charge in [0.2, 0.25) is 0 Å². The van der Waals surface area contributed by atoms with Gasteiger partial charge in [-0.2, -0.15) is 11.8 Å². The average Bonchev–Trinajstić information content (AvgIpc) is 2.42. The lowest BCUT2D eigenvalue weighted by Gasteiger charge is -2.39. The second-order valence-electron chi connectivity index (χ2n) is 5.67. The van der Waals surface area contributed by atoms with Gasteiger partial charge in [-0.15, -0.1) is 0 Å². The molecular weight excluding hydrogens is 332 g/mol. The summed E-state index contributed by atoms with van der Waals surface area (Å²) in [4.78, 5) is 2.52. The number of benzene rings is 1. The maximum Gasteiger partial charge on any atom is 0.0513 e. The number of thioether (sulfide) groups is 1. The molecule has 0 bridgehead atoms. The van der Waals surface area contributed by atoms with Crippen LogP contribution in [0.15, 0.2) is 22.7 Å². The summed E-state index contributed by atoms with van der Waals surface area (Å²) in [6.07, 6.45) is 1.98. The molecule has 4 heteroatoms. The van der Waals surface area contributed by atoms with E-state index in [9.17, 15) is 0 Å². The molecule has 1 saturated heterocycles. The van der Waals surface area contributed by atoms with Crippen LogP contribution in [0.25, 0.3) is 0 Å². The van der Waals surface area contributed by atoms with E-state index >= 15 is 0 Å². The first-order valence-corrected chi connectivity index (χ1v) is 9.29. The molecule has 0 spiro atoms. The third-order valence-electron chi connectivity index (χ3n) is 4.23. The molecule has 2 nitrogen and oxygen atoms in total. The molecule has 0 aromatic heterocycles. The van der Waals surface area contributed by atoms with Crippen molar-refractivity contribution in [3.8, 4) is 0 Å². The highest BCUT2D eigenvalue weighted by atomic mass is 79.9. The summed E-state index contributed by atoms with van der Waals surface area (Å²) < 4.78 is 1.20. The van der Waals surface area contributed by atoms with Gasteiger partial charge in [-0.3, -0.25) is 0 Å². The van der Waals surface area contributed by atoms with Crippen molar-refractivity contribution < 1.29 is 0 Å². The van der Waals surface area contributed by atoms with E-state index in [-0.39, 0.29) is 6.04 Å². The van der Waals surface area contributed by atoms with E-state index < -0.39 is 0 Å². The molecular formula is C16H25BrN2S. The Bertz CT molecular complexity index is 452. The molecule has 1 heterocycles. The molecule has 3 atom stereocenters. The second kappa shape index (κ2) is 7.19. The average molecular weight is 357 g/mol. The lowest BCUT2D eigenvalue weighted by atomic mass is 10.0. The molecule has 1 aliphatic heterocycles. The van der Waals surface area contributed by atoms with E-state index in [4.69, 9.17) is 5.73 Å². The van der Waals surface area contributed by atoms with Crippen LogP contribution >= 0.6 is 27.7 Å². The summed E-state index contributed by atoms with van der Waals surface area (Å²) in [5.41, 5.74) is 8.69. The van der Waals surface area contributed by atoms with Crippen LogP contribution < -0.4 is 10.6 Å². The van der Waals surface area contributed by atoms with Crippen molar-refractivity contribution in [2.45, 2.75) is 50.9 Å². The SMILES string of the molecule is CCC(N)Cc1ccc(N2CCSC(C)C2C)c(Br)c1. The van der Waals surface area contributed by atoms with Crippen molar-refractivity contribution in [2.75, 3.05) is 17.2 Å². The Labute approximate surface area is 135 Å². The van der Waals surface area contributed by atoms with E-state index in [1.807, 2.05) is 0 Å². The van der Waals surface area contributed by atoms with Crippen LogP contribution in [0.1, 0.15) is 32.8 Å². The smallest absolute Gasteiger partial charge is 0.0513 e. The van der Waals surface area contributed by atoms with Gasteiger partial charge in [-0.25, -0.2) is 0 Å². The number of nitrogens with two attached hydrogens (primary N) is 1. The zero-order chi connectivity index (χ0) is 14.7. The molecule has 1 aromatic rings. The van der Waals surface area contributed by atoms with Crippen LogP contribution in [0, 0.1) is 0 Å². The highest BCUT2D eigenvalue weighted by Gasteiger charge is 2.26. The van der Waals surface area contributed by atoms with Gasteiger partial charge in [-0.1, -0.05) is 19.9 Å². The topological polar surface area (TPSA) is 29.3 Å². The minimum atomic E-state index is 0.262. The lowest BCUT2D eigenvalue weighted by Crippen LogP contribution is -2.44. The monoisotopic (exact) mass is 356 g/mol. The molecule has 1 aliphatic rings. The third kappa shape index (κ3) is 3.71. The summed E-state index contributed by atoms with van der Waals surface area (Å²) in [6, 6.07) is 7.56. The highest BCUT2D eigenvalue weighted by molar-refractivity contribution is 9.10. The van der Waals surface area contributed by atoms with Crippen molar-refractivity contribution in [2.24, 2.45) is 5.73 Å². The molecule has 0 saturated carbocycles. The fraction of sp³-hybridized carbons (Fsp3) is 0.625. The van der Waals surface area contributed by atoms with E-state index in [2.05, 4.69) is 71.6 Å². The Kier molecular flexibility index (Phi) is 5.82. The van der Waals surface area contributed by atoms with Crippen LogP contribution in [-0.4, -0.2) is 29.6 Å². The Morgan fingerprint density at radius 1 is 1.45 bits per heavy atom. The number of hydrogen-bond acceptors (Lipinski definition) is 3.